The van der Waals surface area contributed by atoms with Crippen LogP contribution in [0.4, 0.5) is 5.69 Å². The van der Waals surface area contributed by atoms with Crippen LogP contribution in [-0.2, 0) is 4.79 Å². The van der Waals surface area contributed by atoms with Crippen LogP contribution in [0.5, 0.6) is 5.75 Å². The summed E-state index contributed by atoms with van der Waals surface area (Å²) in [7, 11) is 1.69. The molecule has 0 saturated heterocycles. The van der Waals surface area contributed by atoms with E-state index in [4.69, 9.17) is 12.2 Å². The van der Waals surface area contributed by atoms with Crippen LogP contribution in [0.2, 0.25) is 0 Å². The lowest BCUT2D eigenvalue weighted by Crippen LogP contribution is -2.32. The number of amides is 1. The molecular formula is C13H16N4O2S. The second kappa shape index (κ2) is 5.87. The van der Waals surface area contributed by atoms with Crippen molar-refractivity contribution in [3.05, 3.63) is 23.8 Å². The summed E-state index contributed by atoms with van der Waals surface area (Å²) in [5.41, 5.74) is 4.58. The Hall–Kier alpha value is -2.15. The van der Waals surface area contributed by atoms with Crippen LogP contribution in [0.25, 0.3) is 0 Å². The van der Waals surface area contributed by atoms with Gasteiger partial charge >= 0.3 is 0 Å². The molecule has 1 aliphatic rings. The first kappa shape index (κ1) is 14.3. The van der Waals surface area contributed by atoms with Crippen molar-refractivity contribution in [3.8, 4) is 5.75 Å². The first-order chi connectivity index (χ1) is 9.51. The fourth-order valence-corrected chi connectivity index (χ4v) is 2.09. The maximum atomic E-state index is 11.3. The summed E-state index contributed by atoms with van der Waals surface area (Å²) in [6.07, 6.45) is 0.400. The van der Waals surface area contributed by atoms with E-state index in [1.165, 1.54) is 0 Å². The molecule has 0 aromatic heterocycles. The Morgan fingerprint density at radius 2 is 2.30 bits per heavy atom. The third-order valence-electron chi connectivity index (χ3n) is 3.03. The molecule has 1 amide bonds. The smallest absolute Gasteiger partial charge is 0.240 e. The van der Waals surface area contributed by atoms with E-state index < -0.39 is 0 Å². The zero-order valence-electron chi connectivity index (χ0n) is 11.2. The first-order valence-electron chi connectivity index (χ1n) is 6.19. The second-order valence-corrected chi connectivity index (χ2v) is 4.98. The lowest BCUT2D eigenvalue weighted by Gasteiger charge is -2.20. The summed E-state index contributed by atoms with van der Waals surface area (Å²) in [6, 6.07) is 5.09. The standard InChI is InChI=1S/C13H16N4O2S/c1-7-5-11(19)16-17-12(7)8-3-4-10(18)9(6-8)15-13(20)14-2/h3-4,6-7,18H,5H2,1-2H3,(H,16,19)(H2,14,15,20). The van der Waals surface area contributed by atoms with Crippen LogP contribution in [0.1, 0.15) is 18.9 Å². The van der Waals surface area contributed by atoms with E-state index in [1.54, 1.807) is 25.2 Å². The normalized spacial score (nSPS) is 18.0. The number of phenols is 1. The van der Waals surface area contributed by atoms with E-state index in [2.05, 4.69) is 21.2 Å². The van der Waals surface area contributed by atoms with Gasteiger partial charge in [0.1, 0.15) is 5.75 Å². The van der Waals surface area contributed by atoms with Crippen molar-refractivity contribution >= 4 is 34.6 Å². The fraction of sp³-hybridized carbons (Fsp3) is 0.308. The van der Waals surface area contributed by atoms with Gasteiger partial charge in [-0.1, -0.05) is 6.92 Å². The first-order valence-corrected chi connectivity index (χ1v) is 6.60. The van der Waals surface area contributed by atoms with Gasteiger partial charge < -0.3 is 15.7 Å². The Bertz CT molecular complexity index is 586. The van der Waals surface area contributed by atoms with Crippen LogP contribution in [0, 0.1) is 5.92 Å². The van der Waals surface area contributed by atoms with Gasteiger partial charge in [0.15, 0.2) is 5.11 Å². The maximum Gasteiger partial charge on any atom is 0.240 e. The number of carbonyl (C=O) groups excluding carboxylic acids is 1. The van der Waals surface area contributed by atoms with Crippen molar-refractivity contribution in [3.63, 3.8) is 0 Å². The predicted octanol–water partition coefficient (Wildman–Crippen LogP) is 1.17. The van der Waals surface area contributed by atoms with Gasteiger partial charge in [0, 0.05) is 24.9 Å². The van der Waals surface area contributed by atoms with E-state index in [9.17, 15) is 9.90 Å². The van der Waals surface area contributed by atoms with E-state index >= 15 is 0 Å². The highest BCUT2D eigenvalue weighted by Crippen LogP contribution is 2.26. The van der Waals surface area contributed by atoms with Crippen molar-refractivity contribution in [2.75, 3.05) is 12.4 Å². The summed E-state index contributed by atoms with van der Waals surface area (Å²) in [5.74, 6) is 0.0339. The molecule has 0 spiro atoms. The predicted molar refractivity (Wildman–Crippen MR) is 81.8 cm³/mol. The molecule has 106 valence electrons. The molecule has 1 heterocycles. The molecule has 1 atom stereocenters. The highest BCUT2D eigenvalue weighted by atomic mass is 32.1. The molecule has 1 aliphatic heterocycles. The van der Waals surface area contributed by atoms with Crippen LogP contribution in [0.3, 0.4) is 0 Å². The van der Waals surface area contributed by atoms with Crippen LogP contribution < -0.4 is 16.1 Å². The molecule has 0 saturated carbocycles. The van der Waals surface area contributed by atoms with Crippen LogP contribution >= 0.6 is 12.2 Å². The lowest BCUT2D eigenvalue weighted by molar-refractivity contribution is -0.121. The Morgan fingerprint density at radius 3 is 2.95 bits per heavy atom. The maximum absolute atomic E-state index is 11.3. The number of nitrogens with zero attached hydrogens (tertiary/aromatic N) is 1. The topological polar surface area (TPSA) is 85.8 Å². The minimum absolute atomic E-state index is 0.0254. The van der Waals surface area contributed by atoms with Gasteiger partial charge in [0.25, 0.3) is 0 Å². The number of benzene rings is 1. The molecule has 4 N–H and O–H groups in total. The SMILES string of the molecule is CNC(=S)Nc1cc(C2=NNC(=O)CC2C)ccc1O. The van der Waals surface area contributed by atoms with E-state index in [0.717, 1.165) is 11.3 Å². The number of anilines is 1. The summed E-state index contributed by atoms with van der Waals surface area (Å²) in [4.78, 5) is 11.3. The van der Waals surface area contributed by atoms with Crippen molar-refractivity contribution in [2.45, 2.75) is 13.3 Å². The average molecular weight is 292 g/mol. The van der Waals surface area contributed by atoms with Gasteiger partial charge in [-0.2, -0.15) is 5.10 Å². The quantitative estimate of drug-likeness (QED) is 0.485. The van der Waals surface area contributed by atoms with E-state index in [1.807, 2.05) is 6.92 Å². The molecule has 0 fully saturated rings. The molecule has 0 bridgehead atoms. The van der Waals surface area contributed by atoms with Gasteiger partial charge in [0.05, 0.1) is 11.4 Å². The number of rotatable bonds is 2. The van der Waals surface area contributed by atoms with Crippen molar-refractivity contribution in [2.24, 2.45) is 11.0 Å². The van der Waals surface area contributed by atoms with Crippen molar-refractivity contribution in [1.82, 2.24) is 10.7 Å². The molecule has 0 radical (unpaired) electrons. The van der Waals surface area contributed by atoms with Crippen molar-refractivity contribution in [1.29, 1.82) is 0 Å². The fourth-order valence-electron chi connectivity index (χ4n) is 1.98. The monoisotopic (exact) mass is 292 g/mol. The van der Waals surface area contributed by atoms with Gasteiger partial charge in [-0.25, -0.2) is 5.43 Å². The molecule has 1 aromatic rings. The molecule has 20 heavy (non-hydrogen) atoms. The molecule has 6 nitrogen and oxygen atoms in total. The zero-order valence-corrected chi connectivity index (χ0v) is 12.0. The average Bonchev–Trinajstić information content (AvgIpc) is 2.41. The number of nitrogens with one attached hydrogen (secondary N) is 3. The molecule has 1 aromatic carbocycles. The van der Waals surface area contributed by atoms with Crippen LogP contribution in [-0.4, -0.2) is 28.9 Å². The van der Waals surface area contributed by atoms with Gasteiger partial charge in [-0.15, -0.1) is 0 Å². The molecule has 2 rings (SSSR count). The second-order valence-electron chi connectivity index (χ2n) is 4.57. The van der Waals surface area contributed by atoms with Crippen molar-refractivity contribution < 1.29 is 9.90 Å². The summed E-state index contributed by atoms with van der Waals surface area (Å²) >= 11 is 5.01. The Balaban J connectivity index is 2.31. The van der Waals surface area contributed by atoms with E-state index in [-0.39, 0.29) is 17.6 Å². The number of hydrogen-bond acceptors (Lipinski definition) is 4. The molecule has 0 aliphatic carbocycles. The molecular weight excluding hydrogens is 276 g/mol. The minimum Gasteiger partial charge on any atom is -0.506 e. The van der Waals surface area contributed by atoms with Crippen LogP contribution in [0.15, 0.2) is 23.3 Å². The Morgan fingerprint density at radius 1 is 1.55 bits per heavy atom. The Kier molecular flexibility index (Phi) is 4.19. The number of carbonyl (C=O) groups is 1. The van der Waals surface area contributed by atoms with Gasteiger partial charge in [-0.3, -0.25) is 4.79 Å². The number of thiocarbonyl (C=S) groups is 1. The summed E-state index contributed by atoms with van der Waals surface area (Å²) in [5, 5.41) is 20.0. The molecule has 1 unspecified atom stereocenters. The number of hydrazone groups is 1. The molecule has 7 heteroatoms. The van der Waals surface area contributed by atoms with Gasteiger partial charge in [-0.05, 0) is 30.4 Å². The largest absolute Gasteiger partial charge is 0.506 e. The van der Waals surface area contributed by atoms with E-state index in [0.29, 0.717) is 17.2 Å². The summed E-state index contributed by atoms with van der Waals surface area (Å²) < 4.78 is 0. The number of phenolic OH excluding ortho intramolecular Hbond substituents is 1. The van der Waals surface area contributed by atoms with Gasteiger partial charge in [0.2, 0.25) is 5.91 Å². The third kappa shape index (κ3) is 3.05. The summed E-state index contributed by atoms with van der Waals surface area (Å²) in [6.45, 7) is 1.94. The highest BCUT2D eigenvalue weighted by Gasteiger charge is 2.22. The minimum atomic E-state index is -0.0882. The Labute approximate surface area is 122 Å². The third-order valence-corrected chi connectivity index (χ3v) is 3.33. The zero-order chi connectivity index (χ0) is 14.7. The lowest BCUT2D eigenvalue weighted by atomic mass is 9.94. The number of aromatic hydroxyl groups is 1. The highest BCUT2D eigenvalue weighted by molar-refractivity contribution is 7.80. The number of hydrogen-bond donors (Lipinski definition) is 4.